The van der Waals surface area contributed by atoms with Gasteiger partial charge in [0.25, 0.3) is 0 Å². The van der Waals surface area contributed by atoms with Crippen LogP contribution in [0.15, 0.2) is 48.7 Å². The molecule has 0 saturated carbocycles. The Bertz CT molecular complexity index is 2200. The summed E-state index contributed by atoms with van der Waals surface area (Å²) in [6.07, 6.45) is 13.8. The molecular formula is C41H42F3N7O3. The molecule has 5 aliphatic rings. The molecule has 2 aromatic carbocycles. The van der Waals surface area contributed by atoms with Crippen LogP contribution in [0.5, 0.6) is 6.01 Å². The van der Waals surface area contributed by atoms with Crippen LogP contribution in [0.1, 0.15) is 37.7 Å². The number of fused-ring (bicyclic) bond motifs is 5. The Labute approximate surface area is 311 Å². The molecule has 0 aliphatic carbocycles. The third kappa shape index (κ3) is 5.95. The van der Waals surface area contributed by atoms with E-state index in [1.807, 2.05) is 22.9 Å². The molecule has 1 amide bonds. The van der Waals surface area contributed by atoms with Gasteiger partial charge in [-0.1, -0.05) is 36.3 Å². The van der Waals surface area contributed by atoms with Gasteiger partial charge in [-0.15, -0.1) is 6.42 Å². The van der Waals surface area contributed by atoms with Crippen LogP contribution in [0.3, 0.4) is 0 Å². The van der Waals surface area contributed by atoms with Crippen molar-refractivity contribution in [3.8, 4) is 29.6 Å². The van der Waals surface area contributed by atoms with Crippen molar-refractivity contribution in [3.05, 3.63) is 65.9 Å². The summed E-state index contributed by atoms with van der Waals surface area (Å²) in [5, 5.41) is 1.38. The fourth-order valence-electron chi connectivity index (χ4n) is 9.41. The average Bonchev–Trinajstić information content (AvgIpc) is 3.90. The Morgan fingerprint density at radius 2 is 2.02 bits per heavy atom. The molecule has 5 atom stereocenters. The van der Waals surface area contributed by atoms with E-state index in [1.54, 1.807) is 30.3 Å². The number of rotatable bonds is 9. The van der Waals surface area contributed by atoms with Gasteiger partial charge in [0.1, 0.15) is 35.6 Å². The first-order valence-electron chi connectivity index (χ1n) is 18.8. The summed E-state index contributed by atoms with van der Waals surface area (Å²) < 4.78 is 58.3. The molecule has 280 valence electrons. The first-order chi connectivity index (χ1) is 26.2. The number of carbonyl (C=O) groups excluding carboxylic acids is 1. The summed E-state index contributed by atoms with van der Waals surface area (Å²) in [5.74, 6) is 1.46. The highest BCUT2D eigenvalue weighted by atomic mass is 19.1. The van der Waals surface area contributed by atoms with Gasteiger partial charge in [-0.05, 0) is 43.7 Å². The number of hydrogen-bond donors (Lipinski definition) is 0. The van der Waals surface area contributed by atoms with Crippen molar-refractivity contribution in [2.45, 2.75) is 61.9 Å². The SMILES string of the molecule is C#Cc1c(F)ccc2cccc(-c3ncc4c(N(C)[C@@H]5CCN(C(=O)/C=C/CN6C7COCC6C7)C5)nc(OC[C@@]56CCCN5C[C@H](F)C6)nc4c3F)c12. The second kappa shape index (κ2) is 13.8. The topological polar surface area (TPSA) is 87.2 Å². The van der Waals surface area contributed by atoms with Crippen LogP contribution < -0.4 is 9.64 Å². The molecule has 2 bridgehead atoms. The van der Waals surface area contributed by atoms with Gasteiger partial charge in [0.15, 0.2) is 5.82 Å². The second-order valence-electron chi connectivity index (χ2n) is 15.4. The van der Waals surface area contributed by atoms with E-state index in [-0.39, 0.29) is 41.3 Å². The lowest BCUT2D eigenvalue weighted by Gasteiger charge is -2.52. The third-order valence-electron chi connectivity index (χ3n) is 12.3. The summed E-state index contributed by atoms with van der Waals surface area (Å²) in [6, 6.07) is 8.80. The Balaban J connectivity index is 1.04. The normalized spacial score (nSPS) is 26.8. The number of likely N-dealkylation sites (tertiary alicyclic amines) is 1. The summed E-state index contributed by atoms with van der Waals surface area (Å²) in [4.78, 5) is 35.5. The number of pyridine rings is 1. The molecule has 9 rings (SSSR count). The van der Waals surface area contributed by atoms with Crippen LogP contribution in [0.2, 0.25) is 0 Å². The fraction of sp³-hybridized carbons (Fsp3) is 0.463. The largest absolute Gasteiger partial charge is 0.461 e. The average molecular weight is 738 g/mol. The van der Waals surface area contributed by atoms with E-state index in [2.05, 4.69) is 25.7 Å². The van der Waals surface area contributed by atoms with E-state index < -0.39 is 23.3 Å². The van der Waals surface area contributed by atoms with Gasteiger partial charge in [-0.3, -0.25) is 19.6 Å². The van der Waals surface area contributed by atoms with Gasteiger partial charge in [0.2, 0.25) is 5.91 Å². The van der Waals surface area contributed by atoms with Crippen molar-refractivity contribution < 1.29 is 27.4 Å². The molecule has 0 radical (unpaired) electrons. The Morgan fingerprint density at radius 3 is 2.83 bits per heavy atom. The first kappa shape index (κ1) is 35.0. The lowest BCUT2D eigenvalue weighted by molar-refractivity contribution is -0.125. The minimum absolute atomic E-state index is 0.0203. The van der Waals surface area contributed by atoms with Crippen LogP contribution in [-0.2, 0) is 9.53 Å². The number of hydrogen-bond acceptors (Lipinski definition) is 9. The van der Waals surface area contributed by atoms with Crippen LogP contribution in [0, 0.1) is 24.0 Å². The van der Waals surface area contributed by atoms with Gasteiger partial charge in [-0.2, -0.15) is 9.97 Å². The number of carbonyl (C=O) groups is 1. The maximum absolute atomic E-state index is 17.0. The number of anilines is 1. The summed E-state index contributed by atoms with van der Waals surface area (Å²) >= 11 is 0. The highest BCUT2D eigenvalue weighted by molar-refractivity contribution is 6.02. The van der Waals surface area contributed by atoms with Crippen LogP contribution in [0.25, 0.3) is 32.9 Å². The highest BCUT2D eigenvalue weighted by Gasteiger charge is 2.49. The zero-order chi connectivity index (χ0) is 37.1. The minimum atomic E-state index is -0.939. The van der Waals surface area contributed by atoms with E-state index in [4.69, 9.17) is 20.9 Å². The zero-order valence-electron chi connectivity index (χ0n) is 30.2. The number of aromatic nitrogens is 3. The number of halogens is 3. The van der Waals surface area contributed by atoms with Gasteiger partial charge in [0, 0.05) is 81.0 Å². The molecule has 2 aromatic heterocycles. The number of terminal acetylenes is 1. The molecule has 54 heavy (non-hydrogen) atoms. The number of amides is 1. The predicted molar refractivity (Wildman–Crippen MR) is 199 cm³/mol. The van der Waals surface area contributed by atoms with Gasteiger partial charge >= 0.3 is 6.01 Å². The maximum Gasteiger partial charge on any atom is 0.319 e. The van der Waals surface area contributed by atoms with Crippen molar-refractivity contribution in [1.82, 2.24) is 29.7 Å². The fourth-order valence-corrected chi connectivity index (χ4v) is 9.41. The standard InChI is InChI=1S/C41H42F3N7O3/c1-3-30-33(43)11-10-25-7-4-8-31(35(25)30)37-36(44)38-32(19-45-37)39(47-40(46-38)54-24-41-13-6-14-50(41)20-26(42)18-41)48(2)27-12-16-49(21-27)34(52)9-5-15-51-28-17-29(51)23-53-22-28/h1,4-5,7-11,19,26-29H,6,12-18,20-24H2,2H3/b9-5+/t26-,27-,28?,29?,41+/m1/s1. The molecule has 5 fully saturated rings. The lowest BCUT2D eigenvalue weighted by atomic mass is 9.91. The Hall–Kier alpha value is -4.77. The third-order valence-corrected chi connectivity index (χ3v) is 12.3. The molecule has 0 spiro atoms. The maximum atomic E-state index is 17.0. The van der Waals surface area contributed by atoms with Crippen molar-refractivity contribution >= 4 is 33.4 Å². The van der Waals surface area contributed by atoms with Gasteiger partial charge < -0.3 is 19.3 Å². The summed E-state index contributed by atoms with van der Waals surface area (Å²) in [6.45, 7) is 4.55. The smallest absolute Gasteiger partial charge is 0.319 e. The van der Waals surface area contributed by atoms with Crippen molar-refractivity contribution in [1.29, 1.82) is 0 Å². The molecule has 5 saturated heterocycles. The number of nitrogens with zero attached hydrogens (tertiary/aromatic N) is 7. The van der Waals surface area contributed by atoms with E-state index in [0.29, 0.717) is 72.1 Å². The van der Waals surface area contributed by atoms with Crippen LogP contribution in [-0.4, -0.2) is 125 Å². The monoisotopic (exact) mass is 737 g/mol. The van der Waals surface area contributed by atoms with E-state index in [1.165, 1.54) is 12.3 Å². The van der Waals surface area contributed by atoms with Gasteiger partial charge in [0.05, 0.1) is 29.7 Å². The van der Waals surface area contributed by atoms with Crippen LogP contribution >= 0.6 is 0 Å². The number of likely N-dealkylation sites (N-methyl/N-ethyl adjacent to an activating group) is 1. The van der Waals surface area contributed by atoms with E-state index in [9.17, 15) is 13.6 Å². The number of ether oxygens (including phenoxy) is 2. The highest BCUT2D eigenvalue weighted by Crippen LogP contribution is 2.41. The van der Waals surface area contributed by atoms with Crippen molar-refractivity contribution in [2.24, 2.45) is 0 Å². The van der Waals surface area contributed by atoms with Crippen molar-refractivity contribution in [3.63, 3.8) is 0 Å². The zero-order valence-corrected chi connectivity index (χ0v) is 30.2. The van der Waals surface area contributed by atoms with E-state index in [0.717, 1.165) is 45.6 Å². The number of benzene rings is 2. The second-order valence-corrected chi connectivity index (χ2v) is 15.4. The molecule has 2 unspecified atom stereocenters. The quantitative estimate of drug-likeness (QED) is 0.172. The lowest BCUT2D eigenvalue weighted by Crippen LogP contribution is -2.63. The predicted octanol–water partition coefficient (Wildman–Crippen LogP) is 5.13. The molecule has 5 aliphatic heterocycles. The molecule has 7 heterocycles. The Kier molecular flexibility index (Phi) is 8.95. The number of alkyl halides is 1. The van der Waals surface area contributed by atoms with Gasteiger partial charge in [-0.25, -0.2) is 13.2 Å². The molecular weight excluding hydrogens is 695 g/mol. The van der Waals surface area contributed by atoms with Crippen molar-refractivity contribution in [2.75, 3.05) is 64.5 Å². The molecule has 0 N–H and O–H groups in total. The van der Waals surface area contributed by atoms with Crippen LogP contribution in [0.4, 0.5) is 19.0 Å². The first-order valence-corrected chi connectivity index (χ1v) is 18.8. The molecule has 4 aromatic rings. The molecule has 10 nitrogen and oxygen atoms in total. The number of morpholine rings is 1. The molecule has 13 heteroatoms. The summed E-state index contributed by atoms with van der Waals surface area (Å²) in [7, 11) is 1.87. The van der Waals surface area contributed by atoms with E-state index >= 15 is 4.39 Å². The summed E-state index contributed by atoms with van der Waals surface area (Å²) in [5.41, 5.74) is -0.171. The Morgan fingerprint density at radius 1 is 1.17 bits per heavy atom. The minimum Gasteiger partial charge on any atom is -0.461 e.